The average Bonchev–Trinajstić information content (AvgIpc) is 2.56. The number of carbonyl (C=O) groups excluding carboxylic acids is 1. The molecule has 0 fully saturated rings. The van der Waals surface area contributed by atoms with Crippen LogP contribution in [0.5, 0.6) is 0 Å². The normalized spacial score (nSPS) is 10.8. The van der Waals surface area contributed by atoms with Crippen molar-refractivity contribution in [3.63, 3.8) is 0 Å². The first-order valence-electron chi connectivity index (χ1n) is 5.51. The van der Waals surface area contributed by atoms with Gasteiger partial charge in [0.2, 0.25) is 0 Å². The summed E-state index contributed by atoms with van der Waals surface area (Å²) in [4.78, 5) is 11.5. The molecular weight excluding hydrogens is 282 g/mol. The average molecular weight is 296 g/mol. The van der Waals surface area contributed by atoms with Crippen molar-refractivity contribution >= 4 is 32.8 Å². The molecule has 0 aliphatic heterocycles. The van der Waals surface area contributed by atoms with E-state index in [2.05, 4.69) is 15.9 Å². The largest absolute Gasteiger partial charge is 0.466 e. The Labute approximate surface area is 108 Å². The maximum absolute atomic E-state index is 11.5. The van der Waals surface area contributed by atoms with Crippen LogP contribution in [0.1, 0.15) is 12.5 Å². The number of carbonyl (C=O) groups is 1. The van der Waals surface area contributed by atoms with Crippen LogP contribution in [0, 0.1) is 0 Å². The third kappa shape index (κ3) is 2.52. The van der Waals surface area contributed by atoms with Crippen LogP contribution in [-0.2, 0) is 23.0 Å². The number of halogens is 1. The Hall–Kier alpha value is -1.29. The predicted molar refractivity (Wildman–Crippen MR) is 71.0 cm³/mol. The zero-order valence-electron chi connectivity index (χ0n) is 9.87. The third-order valence-corrected chi connectivity index (χ3v) is 3.17. The third-order valence-electron chi connectivity index (χ3n) is 2.68. The van der Waals surface area contributed by atoms with Crippen LogP contribution < -0.4 is 0 Å². The van der Waals surface area contributed by atoms with Gasteiger partial charge in [0.05, 0.1) is 13.0 Å². The Morgan fingerprint density at radius 3 is 2.94 bits per heavy atom. The molecule has 3 nitrogen and oxygen atoms in total. The van der Waals surface area contributed by atoms with Gasteiger partial charge in [-0.3, -0.25) is 4.79 Å². The van der Waals surface area contributed by atoms with Gasteiger partial charge < -0.3 is 9.30 Å². The molecule has 2 aromatic rings. The van der Waals surface area contributed by atoms with Crippen molar-refractivity contribution in [3.05, 3.63) is 34.4 Å². The monoisotopic (exact) mass is 295 g/mol. The molecule has 1 heterocycles. The molecule has 2 rings (SSSR count). The second kappa shape index (κ2) is 4.92. The molecule has 0 bridgehead atoms. The van der Waals surface area contributed by atoms with Crippen molar-refractivity contribution in [2.24, 2.45) is 7.05 Å². The number of fused-ring (bicyclic) bond motifs is 1. The Morgan fingerprint density at radius 2 is 2.24 bits per heavy atom. The maximum Gasteiger partial charge on any atom is 0.310 e. The molecule has 0 spiro atoms. The number of benzene rings is 1. The molecule has 0 saturated heterocycles. The molecule has 1 aromatic carbocycles. The first kappa shape index (κ1) is 12.2. The van der Waals surface area contributed by atoms with Crippen LogP contribution in [0.25, 0.3) is 10.9 Å². The van der Waals surface area contributed by atoms with E-state index in [9.17, 15) is 4.79 Å². The Morgan fingerprint density at radius 1 is 1.47 bits per heavy atom. The number of hydrogen-bond donors (Lipinski definition) is 0. The summed E-state index contributed by atoms with van der Waals surface area (Å²) < 4.78 is 8.03. The number of hydrogen-bond acceptors (Lipinski definition) is 2. The van der Waals surface area contributed by atoms with Crippen molar-refractivity contribution in [3.8, 4) is 0 Å². The second-order valence-corrected chi connectivity index (χ2v) is 4.82. The predicted octanol–water partition coefficient (Wildman–Crippen LogP) is 3.05. The first-order chi connectivity index (χ1) is 8.11. The van der Waals surface area contributed by atoms with E-state index in [1.165, 1.54) is 0 Å². The highest BCUT2D eigenvalue weighted by atomic mass is 79.9. The van der Waals surface area contributed by atoms with E-state index in [1.807, 2.05) is 42.9 Å². The summed E-state index contributed by atoms with van der Waals surface area (Å²) in [6.45, 7) is 2.24. The molecular formula is C13H14BrNO2. The molecule has 0 saturated carbocycles. The fourth-order valence-corrected chi connectivity index (χ4v) is 2.30. The fourth-order valence-electron chi connectivity index (χ4n) is 1.95. The summed E-state index contributed by atoms with van der Waals surface area (Å²) in [5.41, 5.74) is 2.12. The molecule has 0 unspecified atom stereocenters. The molecule has 90 valence electrons. The Kier molecular flexibility index (Phi) is 3.52. The van der Waals surface area contributed by atoms with Gasteiger partial charge >= 0.3 is 5.97 Å². The van der Waals surface area contributed by atoms with E-state index >= 15 is 0 Å². The van der Waals surface area contributed by atoms with Gasteiger partial charge in [0.15, 0.2) is 0 Å². The minimum absolute atomic E-state index is 0.178. The van der Waals surface area contributed by atoms with Crippen molar-refractivity contribution in [1.29, 1.82) is 0 Å². The minimum atomic E-state index is -0.178. The van der Waals surface area contributed by atoms with Crippen molar-refractivity contribution < 1.29 is 9.53 Å². The zero-order valence-corrected chi connectivity index (χ0v) is 11.5. The highest BCUT2D eigenvalue weighted by molar-refractivity contribution is 9.10. The summed E-state index contributed by atoms with van der Waals surface area (Å²) in [7, 11) is 1.98. The van der Waals surface area contributed by atoms with Gasteiger partial charge in [-0.25, -0.2) is 0 Å². The molecule has 0 atom stereocenters. The van der Waals surface area contributed by atoms with Gasteiger partial charge in [0.25, 0.3) is 0 Å². The summed E-state index contributed by atoms with van der Waals surface area (Å²) >= 11 is 3.45. The van der Waals surface area contributed by atoms with Crippen LogP contribution in [0.2, 0.25) is 0 Å². The van der Waals surface area contributed by atoms with Crippen molar-refractivity contribution in [2.75, 3.05) is 6.61 Å². The highest BCUT2D eigenvalue weighted by Crippen LogP contribution is 2.24. The van der Waals surface area contributed by atoms with Gasteiger partial charge in [-0.05, 0) is 24.6 Å². The molecule has 4 heteroatoms. The smallest absolute Gasteiger partial charge is 0.310 e. The summed E-state index contributed by atoms with van der Waals surface area (Å²) in [5.74, 6) is -0.178. The summed E-state index contributed by atoms with van der Waals surface area (Å²) in [5, 5.41) is 1.10. The van der Waals surface area contributed by atoms with Crippen LogP contribution in [-0.4, -0.2) is 17.1 Å². The first-order valence-corrected chi connectivity index (χ1v) is 6.30. The lowest BCUT2D eigenvalue weighted by Crippen LogP contribution is -2.07. The van der Waals surface area contributed by atoms with E-state index in [4.69, 9.17) is 4.74 Å². The molecule has 0 aliphatic carbocycles. The lowest BCUT2D eigenvalue weighted by Gasteiger charge is -2.00. The highest BCUT2D eigenvalue weighted by Gasteiger charge is 2.11. The van der Waals surface area contributed by atoms with Gasteiger partial charge in [0, 0.05) is 28.6 Å². The van der Waals surface area contributed by atoms with Crippen LogP contribution in [0.3, 0.4) is 0 Å². The lowest BCUT2D eigenvalue weighted by atomic mass is 10.1. The van der Waals surface area contributed by atoms with Crippen molar-refractivity contribution in [1.82, 2.24) is 4.57 Å². The van der Waals surface area contributed by atoms with Gasteiger partial charge in [-0.2, -0.15) is 0 Å². The SMILES string of the molecule is CCOC(=O)Cc1cn(C)c2cc(Br)ccc12. The second-order valence-electron chi connectivity index (χ2n) is 3.91. The fraction of sp³-hybridized carbons (Fsp3) is 0.308. The standard InChI is InChI=1S/C13H14BrNO2/c1-3-17-13(16)6-9-8-15(2)12-7-10(14)4-5-11(9)12/h4-5,7-8H,3,6H2,1-2H3. The molecule has 0 radical (unpaired) electrons. The summed E-state index contributed by atoms with van der Waals surface area (Å²) in [6, 6.07) is 6.05. The molecule has 0 aliphatic rings. The van der Waals surface area contributed by atoms with Crippen LogP contribution in [0.15, 0.2) is 28.9 Å². The van der Waals surface area contributed by atoms with Crippen LogP contribution >= 0.6 is 15.9 Å². The quantitative estimate of drug-likeness (QED) is 0.815. The topological polar surface area (TPSA) is 31.2 Å². The lowest BCUT2D eigenvalue weighted by molar-refractivity contribution is -0.142. The van der Waals surface area contributed by atoms with Crippen LogP contribution in [0.4, 0.5) is 0 Å². The van der Waals surface area contributed by atoms with Crippen molar-refractivity contribution in [2.45, 2.75) is 13.3 Å². The Bertz CT molecular complexity index is 560. The van der Waals surface area contributed by atoms with E-state index in [0.717, 1.165) is 20.9 Å². The van der Waals surface area contributed by atoms with Gasteiger partial charge in [0.1, 0.15) is 0 Å². The number of nitrogens with zero attached hydrogens (tertiary/aromatic N) is 1. The van der Waals surface area contributed by atoms with E-state index in [1.54, 1.807) is 0 Å². The molecule has 17 heavy (non-hydrogen) atoms. The molecule has 0 N–H and O–H groups in total. The van der Waals surface area contributed by atoms with Gasteiger partial charge in [-0.15, -0.1) is 0 Å². The Balaban J connectivity index is 2.38. The number of ether oxygens (including phenoxy) is 1. The van der Waals surface area contributed by atoms with E-state index in [0.29, 0.717) is 13.0 Å². The van der Waals surface area contributed by atoms with E-state index in [-0.39, 0.29) is 5.97 Å². The minimum Gasteiger partial charge on any atom is -0.466 e. The number of aryl methyl sites for hydroxylation is 1. The summed E-state index contributed by atoms with van der Waals surface area (Å²) in [6.07, 6.45) is 2.31. The maximum atomic E-state index is 11.5. The number of rotatable bonds is 3. The number of esters is 1. The zero-order chi connectivity index (χ0) is 12.4. The number of aromatic nitrogens is 1. The molecule has 1 aromatic heterocycles. The molecule has 0 amide bonds. The van der Waals surface area contributed by atoms with Gasteiger partial charge in [-0.1, -0.05) is 22.0 Å². The van der Waals surface area contributed by atoms with E-state index < -0.39 is 0 Å².